The van der Waals surface area contributed by atoms with E-state index in [0.29, 0.717) is 6.54 Å². The second-order valence-electron chi connectivity index (χ2n) is 4.81. The minimum atomic E-state index is 0.151. The second-order valence-corrected chi connectivity index (χ2v) is 4.81. The third-order valence-electron chi connectivity index (χ3n) is 2.11. The van der Waals surface area contributed by atoms with Crippen molar-refractivity contribution in [1.82, 2.24) is 5.32 Å². The van der Waals surface area contributed by atoms with Gasteiger partial charge in [-0.2, -0.15) is 0 Å². The average Bonchev–Trinajstić information content (AvgIpc) is 2.24. The van der Waals surface area contributed by atoms with Crippen molar-refractivity contribution in [2.75, 3.05) is 6.54 Å². The summed E-state index contributed by atoms with van der Waals surface area (Å²) >= 11 is 0. The molecule has 0 unspecified atom stereocenters. The summed E-state index contributed by atoms with van der Waals surface area (Å²) in [6.45, 7) is 7.78. The van der Waals surface area contributed by atoms with Gasteiger partial charge in [-0.05, 0) is 38.5 Å². The van der Waals surface area contributed by atoms with Gasteiger partial charge >= 0.3 is 0 Å². The number of nitrogens with two attached hydrogens (primary N) is 1. The highest BCUT2D eigenvalue weighted by Crippen LogP contribution is 2.06. The smallest absolute Gasteiger partial charge is 0.0555 e. The molecule has 0 saturated heterocycles. The van der Waals surface area contributed by atoms with Crippen molar-refractivity contribution >= 4 is 0 Å². The molecule has 86 valence electrons. The van der Waals surface area contributed by atoms with Gasteiger partial charge in [-0.1, -0.05) is 24.0 Å². The molecule has 0 saturated carbocycles. The van der Waals surface area contributed by atoms with E-state index in [1.807, 2.05) is 12.1 Å². The summed E-state index contributed by atoms with van der Waals surface area (Å²) in [4.78, 5) is 0. The number of nitrogens with one attached hydrogen (secondary N) is 1. The Bertz CT molecular complexity index is 374. The zero-order chi connectivity index (χ0) is 12.0. The van der Waals surface area contributed by atoms with Crippen LogP contribution in [-0.2, 0) is 6.54 Å². The maximum atomic E-state index is 5.32. The molecule has 2 nitrogen and oxygen atoms in total. The van der Waals surface area contributed by atoms with E-state index in [1.165, 1.54) is 5.56 Å². The van der Waals surface area contributed by atoms with Gasteiger partial charge in [0.2, 0.25) is 0 Å². The third-order valence-corrected chi connectivity index (χ3v) is 2.11. The van der Waals surface area contributed by atoms with E-state index in [4.69, 9.17) is 5.73 Å². The largest absolute Gasteiger partial charge is 0.320 e. The van der Waals surface area contributed by atoms with Crippen LogP contribution in [0.4, 0.5) is 0 Å². The topological polar surface area (TPSA) is 38.0 Å². The minimum Gasteiger partial charge on any atom is -0.320 e. The molecule has 1 rings (SSSR count). The van der Waals surface area contributed by atoms with Gasteiger partial charge < -0.3 is 11.1 Å². The normalized spacial score (nSPS) is 10.8. The first kappa shape index (κ1) is 12.8. The Morgan fingerprint density at radius 3 is 2.31 bits per heavy atom. The van der Waals surface area contributed by atoms with Gasteiger partial charge in [-0.25, -0.2) is 0 Å². The van der Waals surface area contributed by atoms with Gasteiger partial charge in [-0.3, -0.25) is 0 Å². The lowest BCUT2D eigenvalue weighted by Crippen LogP contribution is -2.35. The van der Waals surface area contributed by atoms with E-state index in [0.717, 1.165) is 12.1 Å². The number of hydrogen-bond acceptors (Lipinski definition) is 2. The lowest BCUT2D eigenvalue weighted by Gasteiger charge is -2.20. The first-order valence-electron chi connectivity index (χ1n) is 5.54. The van der Waals surface area contributed by atoms with Crippen molar-refractivity contribution in [2.24, 2.45) is 5.73 Å². The van der Waals surface area contributed by atoms with E-state index in [-0.39, 0.29) is 5.54 Å². The van der Waals surface area contributed by atoms with E-state index < -0.39 is 0 Å². The van der Waals surface area contributed by atoms with Crippen LogP contribution in [0, 0.1) is 11.8 Å². The molecule has 0 heterocycles. The molecule has 0 amide bonds. The summed E-state index contributed by atoms with van der Waals surface area (Å²) in [5, 5.41) is 3.44. The predicted octanol–water partition coefficient (Wildman–Crippen LogP) is 1.88. The fourth-order valence-electron chi connectivity index (χ4n) is 1.23. The van der Waals surface area contributed by atoms with Crippen LogP contribution in [0.15, 0.2) is 24.3 Å². The molecule has 3 N–H and O–H groups in total. The summed E-state index contributed by atoms with van der Waals surface area (Å²) in [6, 6.07) is 8.25. The van der Waals surface area contributed by atoms with Gasteiger partial charge in [0, 0.05) is 17.6 Å². The van der Waals surface area contributed by atoms with Crippen LogP contribution in [0.3, 0.4) is 0 Å². The summed E-state index contributed by atoms with van der Waals surface area (Å²) < 4.78 is 0. The molecule has 0 aliphatic heterocycles. The molecular weight excluding hydrogens is 196 g/mol. The highest BCUT2D eigenvalue weighted by atomic mass is 14.9. The molecule has 1 aromatic carbocycles. The van der Waals surface area contributed by atoms with Gasteiger partial charge in [0.1, 0.15) is 0 Å². The molecule has 16 heavy (non-hydrogen) atoms. The van der Waals surface area contributed by atoms with E-state index in [2.05, 4.69) is 50.1 Å². The minimum absolute atomic E-state index is 0.151. The molecule has 0 atom stereocenters. The highest BCUT2D eigenvalue weighted by Gasteiger charge is 2.07. The number of hydrogen-bond donors (Lipinski definition) is 2. The highest BCUT2D eigenvalue weighted by molar-refractivity contribution is 5.36. The van der Waals surface area contributed by atoms with Crippen molar-refractivity contribution in [2.45, 2.75) is 32.9 Å². The van der Waals surface area contributed by atoms with Crippen molar-refractivity contribution < 1.29 is 0 Å². The predicted molar refractivity (Wildman–Crippen MR) is 69.0 cm³/mol. The molecule has 2 heteroatoms. The monoisotopic (exact) mass is 216 g/mol. The van der Waals surface area contributed by atoms with Crippen molar-refractivity contribution in [3.63, 3.8) is 0 Å². The van der Waals surface area contributed by atoms with E-state index in [9.17, 15) is 0 Å². The Kier molecular flexibility index (Phi) is 4.54. The Morgan fingerprint density at radius 2 is 1.81 bits per heavy atom. The van der Waals surface area contributed by atoms with Crippen molar-refractivity contribution in [1.29, 1.82) is 0 Å². The van der Waals surface area contributed by atoms with Crippen LogP contribution < -0.4 is 11.1 Å². The molecular formula is C14H20N2. The van der Waals surface area contributed by atoms with E-state index in [1.54, 1.807) is 0 Å². The van der Waals surface area contributed by atoms with Crippen LogP contribution in [0.5, 0.6) is 0 Å². The summed E-state index contributed by atoms with van der Waals surface area (Å²) in [7, 11) is 0. The second kappa shape index (κ2) is 5.69. The Hall–Kier alpha value is -1.30. The third kappa shape index (κ3) is 4.97. The average molecular weight is 216 g/mol. The van der Waals surface area contributed by atoms with Gasteiger partial charge in [0.15, 0.2) is 0 Å². The first-order chi connectivity index (χ1) is 7.51. The molecule has 0 aromatic heterocycles. The molecule has 0 spiro atoms. The number of rotatable bonds is 2. The van der Waals surface area contributed by atoms with Crippen molar-refractivity contribution in [3.05, 3.63) is 35.4 Å². The van der Waals surface area contributed by atoms with Crippen LogP contribution in [-0.4, -0.2) is 12.1 Å². The lowest BCUT2D eigenvalue weighted by atomic mass is 10.1. The molecule has 0 bridgehead atoms. The van der Waals surface area contributed by atoms with Gasteiger partial charge in [0.05, 0.1) is 6.54 Å². The number of benzene rings is 1. The molecule has 0 radical (unpaired) electrons. The van der Waals surface area contributed by atoms with Crippen LogP contribution in [0.2, 0.25) is 0 Å². The Labute approximate surface area is 98.2 Å². The van der Waals surface area contributed by atoms with Crippen LogP contribution in [0.1, 0.15) is 31.9 Å². The summed E-state index contributed by atoms with van der Waals surface area (Å²) in [5.41, 5.74) is 7.76. The standard InChI is InChI=1S/C14H20N2/c1-14(2,3)16-11-13-8-6-12(7-9-13)5-4-10-15/h6-9,16H,10-11,15H2,1-3H3. The first-order valence-corrected chi connectivity index (χ1v) is 5.54. The summed E-state index contributed by atoms with van der Waals surface area (Å²) in [6.07, 6.45) is 0. The Morgan fingerprint density at radius 1 is 1.19 bits per heavy atom. The molecule has 0 aliphatic carbocycles. The van der Waals surface area contributed by atoms with E-state index >= 15 is 0 Å². The lowest BCUT2D eigenvalue weighted by molar-refractivity contribution is 0.424. The maximum Gasteiger partial charge on any atom is 0.0555 e. The fraction of sp³-hybridized carbons (Fsp3) is 0.429. The zero-order valence-electron chi connectivity index (χ0n) is 10.3. The SMILES string of the molecule is CC(C)(C)NCc1ccc(C#CCN)cc1. The zero-order valence-corrected chi connectivity index (χ0v) is 10.3. The molecule has 0 aliphatic rings. The summed E-state index contributed by atoms with van der Waals surface area (Å²) in [5.74, 6) is 5.85. The van der Waals surface area contributed by atoms with Crippen molar-refractivity contribution in [3.8, 4) is 11.8 Å². The maximum absolute atomic E-state index is 5.32. The van der Waals surface area contributed by atoms with Gasteiger partial charge in [-0.15, -0.1) is 0 Å². The van der Waals surface area contributed by atoms with Crippen LogP contribution >= 0.6 is 0 Å². The quantitative estimate of drug-likeness (QED) is 0.741. The Balaban J connectivity index is 2.58. The van der Waals surface area contributed by atoms with Gasteiger partial charge in [0.25, 0.3) is 0 Å². The van der Waals surface area contributed by atoms with Crippen LogP contribution in [0.25, 0.3) is 0 Å². The fourth-order valence-corrected chi connectivity index (χ4v) is 1.23. The molecule has 1 aromatic rings. The molecule has 0 fully saturated rings.